The number of fused-ring (bicyclic) bond motifs is 1. The van der Waals surface area contributed by atoms with Crippen LogP contribution >= 0.6 is 0 Å². The molecule has 0 aliphatic carbocycles. The first-order valence-corrected chi connectivity index (χ1v) is 12.2. The number of nitrogens with zero attached hydrogens (tertiary/aromatic N) is 4. The number of pyridine rings is 1. The number of likely N-dealkylation sites (tertiary alicyclic amines) is 1. The van der Waals surface area contributed by atoms with Gasteiger partial charge in [-0.3, -0.25) is 4.79 Å². The average Bonchev–Trinajstić information content (AvgIpc) is 2.87. The molecule has 2 fully saturated rings. The number of carbonyl (C=O) groups is 1. The Morgan fingerprint density at radius 2 is 1.69 bits per heavy atom. The number of anilines is 2. The van der Waals surface area contributed by atoms with Gasteiger partial charge in [0, 0.05) is 50.3 Å². The van der Waals surface area contributed by atoms with Crippen molar-refractivity contribution in [3.05, 3.63) is 65.7 Å². The first-order valence-electron chi connectivity index (χ1n) is 12.2. The zero-order chi connectivity index (χ0) is 24.6. The molecule has 1 atom stereocenters. The van der Waals surface area contributed by atoms with Gasteiger partial charge in [-0.1, -0.05) is 31.2 Å². The number of carbonyl (C=O) groups excluding carboxylic acids is 1. The van der Waals surface area contributed by atoms with Crippen molar-refractivity contribution in [2.24, 2.45) is 5.92 Å². The number of piperazine rings is 1. The highest BCUT2D eigenvalue weighted by Gasteiger charge is 2.31. The van der Waals surface area contributed by atoms with E-state index in [-0.39, 0.29) is 5.91 Å². The summed E-state index contributed by atoms with van der Waals surface area (Å²) in [6, 6.07) is 15.1. The van der Waals surface area contributed by atoms with Crippen LogP contribution in [0.2, 0.25) is 0 Å². The van der Waals surface area contributed by atoms with Crippen LogP contribution in [0.25, 0.3) is 10.9 Å². The number of hydrogen-bond acceptors (Lipinski definition) is 4. The van der Waals surface area contributed by atoms with E-state index in [1.54, 1.807) is 6.07 Å². The maximum Gasteiger partial charge on any atom is 0.416 e. The van der Waals surface area contributed by atoms with E-state index in [9.17, 15) is 18.0 Å². The molecule has 184 valence electrons. The Bertz CT molecular complexity index is 1220. The van der Waals surface area contributed by atoms with Crippen molar-refractivity contribution in [3.8, 4) is 0 Å². The standard InChI is InChI=1S/C27H29F3N4O/c1-19-6-5-11-34(18-19)26(35)23-17-25(31-24-10-3-2-9-22(23)24)33-14-12-32(13-15-33)21-8-4-7-20(16-21)27(28,29)30/h2-4,7-10,16-17,19H,5-6,11-15,18H2,1H3/t19-/m1/s1. The van der Waals surface area contributed by atoms with Crippen molar-refractivity contribution in [1.29, 1.82) is 0 Å². The van der Waals surface area contributed by atoms with Gasteiger partial charge in [-0.2, -0.15) is 13.2 Å². The molecule has 35 heavy (non-hydrogen) atoms. The topological polar surface area (TPSA) is 39.7 Å². The van der Waals surface area contributed by atoms with Crippen molar-refractivity contribution in [2.75, 3.05) is 49.1 Å². The van der Waals surface area contributed by atoms with E-state index in [4.69, 9.17) is 4.98 Å². The molecule has 1 aromatic heterocycles. The van der Waals surface area contributed by atoms with Gasteiger partial charge >= 0.3 is 6.18 Å². The molecule has 8 heteroatoms. The summed E-state index contributed by atoms with van der Waals surface area (Å²) in [5, 5.41) is 0.849. The lowest BCUT2D eigenvalue weighted by atomic mass is 9.98. The van der Waals surface area contributed by atoms with Crippen LogP contribution in [0.15, 0.2) is 54.6 Å². The molecule has 5 nitrogen and oxygen atoms in total. The number of hydrogen-bond donors (Lipinski definition) is 0. The molecule has 2 saturated heterocycles. The summed E-state index contributed by atoms with van der Waals surface area (Å²) in [5.41, 5.74) is 1.38. The van der Waals surface area contributed by atoms with Crippen LogP contribution in [0.1, 0.15) is 35.7 Å². The molecule has 0 unspecified atom stereocenters. The lowest BCUT2D eigenvalue weighted by molar-refractivity contribution is -0.137. The highest BCUT2D eigenvalue weighted by molar-refractivity contribution is 6.07. The van der Waals surface area contributed by atoms with Gasteiger partial charge in [0.2, 0.25) is 0 Å². The monoisotopic (exact) mass is 482 g/mol. The van der Waals surface area contributed by atoms with Gasteiger partial charge in [-0.05, 0) is 49.1 Å². The van der Waals surface area contributed by atoms with Crippen LogP contribution in [0.5, 0.6) is 0 Å². The van der Waals surface area contributed by atoms with Crippen LogP contribution < -0.4 is 9.80 Å². The van der Waals surface area contributed by atoms with Crippen molar-refractivity contribution in [2.45, 2.75) is 25.9 Å². The molecular formula is C27H29F3N4O. The number of aromatic nitrogens is 1. The zero-order valence-corrected chi connectivity index (χ0v) is 19.8. The molecule has 0 N–H and O–H groups in total. The molecule has 0 bridgehead atoms. The number of halogens is 3. The van der Waals surface area contributed by atoms with Crippen LogP contribution in [0, 0.1) is 5.92 Å². The molecule has 1 amide bonds. The van der Waals surface area contributed by atoms with Gasteiger partial charge < -0.3 is 14.7 Å². The van der Waals surface area contributed by atoms with Crippen molar-refractivity contribution in [3.63, 3.8) is 0 Å². The second-order valence-electron chi connectivity index (χ2n) is 9.57. The number of alkyl halides is 3. The molecule has 0 saturated carbocycles. The molecule has 2 aliphatic heterocycles. The Balaban J connectivity index is 1.38. The molecule has 3 aromatic rings. The fraction of sp³-hybridized carbons (Fsp3) is 0.407. The SMILES string of the molecule is C[C@@H]1CCCN(C(=O)c2cc(N3CCN(c4cccc(C(F)(F)F)c4)CC3)nc3ccccc23)C1. The van der Waals surface area contributed by atoms with E-state index < -0.39 is 11.7 Å². The maximum absolute atomic E-state index is 13.5. The Morgan fingerprint density at radius 3 is 2.43 bits per heavy atom. The van der Waals surface area contributed by atoms with Crippen LogP contribution in [-0.4, -0.2) is 55.1 Å². The zero-order valence-electron chi connectivity index (χ0n) is 19.8. The van der Waals surface area contributed by atoms with Gasteiger partial charge in [0.25, 0.3) is 5.91 Å². The van der Waals surface area contributed by atoms with Gasteiger partial charge in [0.15, 0.2) is 0 Å². The predicted octanol–water partition coefficient (Wildman–Crippen LogP) is 5.45. The van der Waals surface area contributed by atoms with Crippen LogP contribution in [0.3, 0.4) is 0 Å². The van der Waals surface area contributed by atoms with E-state index in [0.29, 0.717) is 43.3 Å². The third-order valence-electron chi connectivity index (χ3n) is 7.02. The molecule has 5 rings (SSSR count). The summed E-state index contributed by atoms with van der Waals surface area (Å²) in [6.07, 6.45) is -2.20. The number of rotatable bonds is 3. The third-order valence-corrected chi connectivity index (χ3v) is 7.02. The minimum atomic E-state index is -4.36. The van der Waals surface area contributed by atoms with Crippen LogP contribution in [0.4, 0.5) is 24.7 Å². The minimum Gasteiger partial charge on any atom is -0.368 e. The number of benzene rings is 2. The van der Waals surface area contributed by atoms with E-state index >= 15 is 0 Å². The highest BCUT2D eigenvalue weighted by atomic mass is 19.4. The second kappa shape index (κ2) is 9.40. The fourth-order valence-corrected chi connectivity index (χ4v) is 5.12. The summed E-state index contributed by atoms with van der Waals surface area (Å²) in [7, 11) is 0. The number of amides is 1. The quantitative estimate of drug-likeness (QED) is 0.498. The van der Waals surface area contributed by atoms with Crippen molar-refractivity contribution < 1.29 is 18.0 Å². The maximum atomic E-state index is 13.5. The van der Waals surface area contributed by atoms with E-state index in [0.717, 1.165) is 48.7 Å². The summed E-state index contributed by atoms with van der Waals surface area (Å²) < 4.78 is 39.4. The molecule has 2 aliphatic rings. The van der Waals surface area contributed by atoms with Gasteiger partial charge in [0.1, 0.15) is 5.82 Å². The Kier molecular flexibility index (Phi) is 6.30. The number of para-hydroxylation sites is 1. The van der Waals surface area contributed by atoms with Crippen LogP contribution in [-0.2, 0) is 6.18 Å². The fourth-order valence-electron chi connectivity index (χ4n) is 5.12. The largest absolute Gasteiger partial charge is 0.416 e. The van der Waals surface area contributed by atoms with E-state index in [1.807, 2.05) is 40.1 Å². The second-order valence-corrected chi connectivity index (χ2v) is 9.57. The number of piperidine rings is 1. The summed E-state index contributed by atoms with van der Waals surface area (Å²) in [5.74, 6) is 1.27. The highest BCUT2D eigenvalue weighted by Crippen LogP contribution is 2.32. The molecule has 3 heterocycles. The molecular weight excluding hydrogens is 453 g/mol. The van der Waals surface area contributed by atoms with Gasteiger partial charge in [0.05, 0.1) is 16.6 Å². The van der Waals surface area contributed by atoms with Gasteiger partial charge in [-0.15, -0.1) is 0 Å². The lowest BCUT2D eigenvalue weighted by Crippen LogP contribution is -2.47. The first-order chi connectivity index (χ1) is 16.8. The average molecular weight is 483 g/mol. The summed E-state index contributed by atoms with van der Waals surface area (Å²) in [4.78, 5) is 24.4. The molecule has 0 spiro atoms. The lowest BCUT2D eigenvalue weighted by Gasteiger charge is -2.37. The first kappa shape index (κ1) is 23.5. The van der Waals surface area contributed by atoms with E-state index in [1.165, 1.54) is 12.1 Å². The smallest absolute Gasteiger partial charge is 0.368 e. The minimum absolute atomic E-state index is 0.0407. The Morgan fingerprint density at radius 1 is 0.943 bits per heavy atom. The Labute approximate surface area is 203 Å². The van der Waals surface area contributed by atoms with Crippen molar-refractivity contribution in [1.82, 2.24) is 9.88 Å². The Hall–Kier alpha value is -3.29. The normalized spacial score (nSPS) is 19.3. The summed E-state index contributed by atoms with van der Waals surface area (Å²) >= 11 is 0. The van der Waals surface area contributed by atoms with E-state index in [2.05, 4.69) is 11.8 Å². The third kappa shape index (κ3) is 4.92. The van der Waals surface area contributed by atoms with Crippen molar-refractivity contribution >= 4 is 28.3 Å². The predicted molar refractivity (Wildman–Crippen MR) is 132 cm³/mol. The molecule has 2 aromatic carbocycles. The molecule has 0 radical (unpaired) electrons. The summed E-state index contributed by atoms with van der Waals surface area (Å²) in [6.45, 7) is 6.07. The van der Waals surface area contributed by atoms with Gasteiger partial charge in [-0.25, -0.2) is 4.98 Å².